The van der Waals surface area contributed by atoms with Gasteiger partial charge in [-0.3, -0.25) is 9.48 Å². The van der Waals surface area contributed by atoms with Gasteiger partial charge in [-0.1, -0.05) is 12.1 Å². The van der Waals surface area contributed by atoms with Gasteiger partial charge in [-0.15, -0.1) is 0 Å². The quantitative estimate of drug-likeness (QED) is 0.330. The summed E-state index contributed by atoms with van der Waals surface area (Å²) < 4.78 is 71.5. The minimum atomic E-state index is -4.84. The number of aryl methyl sites for hydroxylation is 1. The largest absolute Gasteiger partial charge is 0.482 e. The molecule has 9 nitrogen and oxygen atoms in total. The number of rotatable bonds is 7. The van der Waals surface area contributed by atoms with Crippen molar-refractivity contribution in [3.8, 4) is 16.9 Å². The highest BCUT2D eigenvalue weighted by molar-refractivity contribution is 7.90. The Morgan fingerprint density at radius 1 is 1.10 bits per heavy atom. The number of pyridine rings is 1. The summed E-state index contributed by atoms with van der Waals surface area (Å²) in [4.78, 5) is 16.4. The van der Waals surface area contributed by atoms with Crippen molar-refractivity contribution in [3.05, 3.63) is 83.8 Å². The van der Waals surface area contributed by atoms with E-state index < -0.39 is 44.0 Å². The number of anilines is 2. The molecule has 4 rings (SSSR count). The van der Waals surface area contributed by atoms with Gasteiger partial charge >= 0.3 is 6.18 Å². The summed E-state index contributed by atoms with van der Waals surface area (Å²) in [5.41, 5.74) is 6.77. The number of hydrogen-bond donors (Lipinski definition) is 2. The van der Waals surface area contributed by atoms with Crippen molar-refractivity contribution < 1.29 is 31.1 Å². The van der Waals surface area contributed by atoms with Crippen LogP contribution >= 0.6 is 0 Å². The molecule has 1 unspecified atom stereocenters. The predicted molar refractivity (Wildman–Crippen MR) is 139 cm³/mol. The van der Waals surface area contributed by atoms with Crippen LogP contribution in [0.5, 0.6) is 5.75 Å². The number of ether oxygens (including phenoxy) is 1. The number of carbonyl (C=O) groups is 1. The molecule has 39 heavy (non-hydrogen) atoms. The maximum absolute atomic E-state index is 13.3. The number of nitrogens with zero attached hydrogens (tertiary/aromatic N) is 3. The lowest BCUT2D eigenvalue weighted by Gasteiger charge is -2.18. The van der Waals surface area contributed by atoms with Crippen molar-refractivity contribution in [1.82, 2.24) is 14.8 Å². The summed E-state index contributed by atoms with van der Waals surface area (Å²) in [6.45, 7) is 1.75. The van der Waals surface area contributed by atoms with E-state index in [0.717, 1.165) is 23.4 Å². The van der Waals surface area contributed by atoms with Gasteiger partial charge in [0.2, 0.25) is 0 Å². The van der Waals surface area contributed by atoms with Crippen molar-refractivity contribution >= 4 is 27.2 Å². The zero-order chi connectivity index (χ0) is 28.5. The minimum absolute atomic E-state index is 0.171. The zero-order valence-electron chi connectivity index (χ0n) is 21.0. The number of alkyl halides is 3. The molecule has 2 heterocycles. The lowest BCUT2D eigenvalue weighted by molar-refractivity contribution is -0.137. The molecule has 0 aliphatic rings. The summed E-state index contributed by atoms with van der Waals surface area (Å²) in [5.74, 6) is -0.407. The van der Waals surface area contributed by atoms with Crippen molar-refractivity contribution in [3.63, 3.8) is 0 Å². The Hall–Kier alpha value is -4.39. The molecular formula is C26H24F3N5O4S. The molecule has 2 aromatic heterocycles. The smallest absolute Gasteiger partial charge is 0.416 e. The Morgan fingerprint density at radius 3 is 2.49 bits per heavy atom. The fraction of sp³-hybridized carbons (Fsp3) is 0.192. The number of hydrogen-bond acceptors (Lipinski definition) is 7. The fourth-order valence-corrected chi connectivity index (χ4v) is 4.40. The van der Waals surface area contributed by atoms with Crippen molar-refractivity contribution in [2.75, 3.05) is 17.3 Å². The number of benzene rings is 2. The van der Waals surface area contributed by atoms with Crippen LogP contribution < -0.4 is 15.8 Å². The Bertz CT molecular complexity index is 1650. The van der Waals surface area contributed by atoms with E-state index in [1.807, 2.05) is 6.20 Å². The Kier molecular flexibility index (Phi) is 7.37. The molecule has 1 amide bonds. The third-order valence-corrected chi connectivity index (χ3v) is 6.85. The normalized spacial score (nSPS) is 12.7. The summed E-state index contributed by atoms with van der Waals surface area (Å²) in [5, 5.41) is 6.66. The topological polar surface area (TPSA) is 129 Å². The van der Waals surface area contributed by atoms with Crippen LogP contribution in [0.3, 0.4) is 0 Å². The fourth-order valence-electron chi connectivity index (χ4n) is 3.72. The van der Waals surface area contributed by atoms with Crippen LogP contribution in [0.1, 0.15) is 34.5 Å². The maximum atomic E-state index is 13.3. The highest BCUT2D eigenvalue weighted by Crippen LogP contribution is 2.33. The van der Waals surface area contributed by atoms with Crippen LogP contribution in [-0.2, 0) is 23.1 Å². The average Bonchev–Trinajstić information content (AvgIpc) is 3.30. The van der Waals surface area contributed by atoms with Crippen molar-refractivity contribution in [2.24, 2.45) is 7.05 Å². The predicted octanol–water partition coefficient (Wildman–Crippen LogP) is 4.88. The van der Waals surface area contributed by atoms with Gasteiger partial charge in [0.1, 0.15) is 6.10 Å². The van der Waals surface area contributed by atoms with Gasteiger partial charge in [-0.05, 0) is 48.9 Å². The summed E-state index contributed by atoms with van der Waals surface area (Å²) in [7, 11) is -2.21. The minimum Gasteiger partial charge on any atom is -0.482 e. The van der Waals surface area contributed by atoms with Crippen LogP contribution in [0.15, 0.2) is 72.0 Å². The van der Waals surface area contributed by atoms with E-state index in [0.29, 0.717) is 23.4 Å². The van der Waals surface area contributed by atoms with Gasteiger partial charge in [-0.2, -0.15) is 18.3 Å². The highest BCUT2D eigenvalue weighted by Gasteiger charge is 2.33. The molecule has 0 aliphatic heterocycles. The second-order valence-corrected chi connectivity index (χ2v) is 10.9. The number of halogens is 3. The average molecular weight is 560 g/mol. The molecule has 13 heteroatoms. The second kappa shape index (κ2) is 10.4. The van der Waals surface area contributed by atoms with Gasteiger partial charge < -0.3 is 15.8 Å². The van der Waals surface area contributed by atoms with Gasteiger partial charge in [0.15, 0.2) is 21.4 Å². The van der Waals surface area contributed by atoms with Crippen LogP contribution in [0.25, 0.3) is 11.1 Å². The molecule has 0 bridgehead atoms. The van der Waals surface area contributed by atoms with E-state index in [1.54, 1.807) is 55.3 Å². The van der Waals surface area contributed by atoms with Gasteiger partial charge in [0.25, 0.3) is 5.91 Å². The summed E-state index contributed by atoms with van der Waals surface area (Å²) >= 11 is 0. The maximum Gasteiger partial charge on any atom is 0.416 e. The SMILES string of the molecule is CC(Oc1cc(-c2cnn(C)c2)cnc1N)c1cccc(NC(=O)c2cc(C(F)(F)F)cc(S(C)(=O)=O)c2)c1. The lowest BCUT2D eigenvalue weighted by atomic mass is 10.1. The molecule has 0 saturated heterocycles. The molecular weight excluding hydrogens is 535 g/mol. The molecule has 2 aromatic carbocycles. The molecule has 0 spiro atoms. The number of amides is 1. The molecule has 0 saturated carbocycles. The monoisotopic (exact) mass is 559 g/mol. The van der Waals surface area contributed by atoms with Gasteiger partial charge in [0.05, 0.1) is 16.7 Å². The molecule has 3 N–H and O–H groups in total. The first kappa shape index (κ1) is 27.6. The second-order valence-electron chi connectivity index (χ2n) is 8.87. The molecule has 0 fully saturated rings. The van der Waals surface area contributed by atoms with E-state index >= 15 is 0 Å². The first-order chi connectivity index (χ1) is 18.2. The third kappa shape index (κ3) is 6.55. The van der Waals surface area contributed by atoms with Gasteiger partial charge in [0, 0.05) is 48.1 Å². The standard InChI is InChI=1S/C26H24F3N5O4S/c1-15(38-23-10-18(12-31-24(23)30)19-13-32-34(2)14-19)16-5-4-6-21(8-16)33-25(35)17-7-20(26(27,28)29)11-22(9-17)39(3,36)37/h4-15H,1-3H3,(H2,30,31)(H,33,35). The first-order valence-electron chi connectivity index (χ1n) is 11.5. The number of nitrogen functional groups attached to an aromatic ring is 1. The summed E-state index contributed by atoms with van der Waals surface area (Å²) in [6.07, 6.45) is 0.465. The van der Waals surface area contributed by atoms with E-state index in [-0.39, 0.29) is 11.5 Å². The van der Waals surface area contributed by atoms with E-state index in [2.05, 4.69) is 15.4 Å². The first-order valence-corrected chi connectivity index (χ1v) is 13.3. The number of carbonyl (C=O) groups excluding carboxylic acids is 1. The molecule has 4 aromatic rings. The summed E-state index contributed by atoms with van der Waals surface area (Å²) in [6, 6.07) is 10.2. The van der Waals surface area contributed by atoms with Crippen molar-refractivity contribution in [2.45, 2.75) is 24.1 Å². The highest BCUT2D eigenvalue weighted by atomic mass is 32.2. The number of aromatic nitrogens is 3. The van der Waals surface area contributed by atoms with Crippen molar-refractivity contribution in [1.29, 1.82) is 0 Å². The third-order valence-electron chi connectivity index (χ3n) is 5.76. The zero-order valence-corrected chi connectivity index (χ0v) is 21.8. The molecule has 0 radical (unpaired) electrons. The van der Waals surface area contributed by atoms with Crippen LogP contribution in [0.4, 0.5) is 24.7 Å². The number of nitrogens with two attached hydrogens (primary N) is 1. The van der Waals surface area contributed by atoms with E-state index in [4.69, 9.17) is 10.5 Å². The van der Waals surface area contributed by atoms with Crippen LogP contribution in [0.2, 0.25) is 0 Å². The molecule has 1 atom stereocenters. The van der Waals surface area contributed by atoms with E-state index in [9.17, 15) is 26.4 Å². The number of sulfone groups is 1. The van der Waals surface area contributed by atoms with Crippen LogP contribution in [-0.4, -0.2) is 35.3 Å². The number of nitrogens with one attached hydrogen (secondary N) is 1. The molecule has 0 aliphatic carbocycles. The Balaban J connectivity index is 1.56. The van der Waals surface area contributed by atoms with Crippen LogP contribution in [0, 0.1) is 0 Å². The lowest BCUT2D eigenvalue weighted by Crippen LogP contribution is -2.16. The Labute approximate surface area is 222 Å². The molecule has 204 valence electrons. The van der Waals surface area contributed by atoms with Gasteiger partial charge in [-0.25, -0.2) is 13.4 Å². The Morgan fingerprint density at radius 2 is 1.85 bits per heavy atom. The van der Waals surface area contributed by atoms with E-state index in [1.165, 1.54) is 6.07 Å².